The number of nitrogens with zero attached hydrogens (tertiary/aromatic N) is 4. The second kappa shape index (κ2) is 9.98. The molecule has 8 nitrogen and oxygen atoms in total. The minimum absolute atomic E-state index is 0.116. The van der Waals surface area contributed by atoms with Crippen molar-refractivity contribution in [2.24, 2.45) is 0 Å². The van der Waals surface area contributed by atoms with Crippen LogP contribution in [0.1, 0.15) is 35.8 Å². The quantitative estimate of drug-likeness (QED) is 0.642. The molecule has 1 unspecified atom stereocenters. The van der Waals surface area contributed by atoms with Crippen molar-refractivity contribution in [3.63, 3.8) is 0 Å². The average molecular weight is 386 g/mol. The molecule has 1 atom stereocenters. The lowest BCUT2D eigenvalue weighted by Crippen LogP contribution is -2.49. The number of benzene rings is 1. The zero-order chi connectivity index (χ0) is 19.8. The number of ether oxygens (including phenoxy) is 2. The Morgan fingerprint density at radius 3 is 2.89 bits per heavy atom. The third kappa shape index (κ3) is 5.39. The monoisotopic (exact) mass is 386 g/mol. The minimum Gasteiger partial charge on any atom is -0.466 e. The van der Waals surface area contributed by atoms with Gasteiger partial charge in [0.05, 0.1) is 38.5 Å². The lowest BCUT2D eigenvalue weighted by atomic mass is 10.1. The fourth-order valence-electron chi connectivity index (χ4n) is 3.25. The normalized spacial score (nSPS) is 16.8. The highest BCUT2D eigenvalue weighted by molar-refractivity contribution is 5.92. The van der Waals surface area contributed by atoms with Crippen molar-refractivity contribution in [2.75, 3.05) is 26.4 Å². The zero-order valence-electron chi connectivity index (χ0n) is 16.1. The molecule has 1 aromatic carbocycles. The zero-order valence-corrected chi connectivity index (χ0v) is 16.1. The summed E-state index contributed by atoms with van der Waals surface area (Å²) in [6.07, 6.45) is 3.63. The lowest BCUT2D eigenvalue weighted by molar-refractivity contribution is -0.145. The van der Waals surface area contributed by atoms with Gasteiger partial charge in [-0.3, -0.25) is 14.3 Å². The second-order valence-corrected chi connectivity index (χ2v) is 6.69. The van der Waals surface area contributed by atoms with E-state index in [1.807, 2.05) is 18.2 Å². The number of carbonyl (C=O) groups excluding carboxylic acids is 2. The average Bonchev–Trinajstić information content (AvgIpc) is 3.18. The molecule has 1 saturated heterocycles. The summed E-state index contributed by atoms with van der Waals surface area (Å²) in [5, 5.41) is 8.11. The molecule has 0 radical (unpaired) electrons. The number of amides is 1. The number of esters is 1. The van der Waals surface area contributed by atoms with E-state index in [1.165, 1.54) is 5.56 Å². The van der Waals surface area contributed by atoms with Crippen molar-refractivity contribution in [2.45, 2.75) is 38.8 Å². The number of carbonyl (C=O) groups is 2. The van der Waals surface area contributed by atoms with Gasteiger partial charge in [0.15, 0.2) is 5.69 Å². The SMILES string of the molecule is CCOC(=O)CC1COCCN1C(=O)c1cn(CCCc2ccccc2)nn1. The molecular formula is C20H26N4O4. The van der Waals surface area contributed by atoms with Gasteiger partial charge in [-0.15, -0.1) is 5.10 Å². The number of rotatable bonds is 8. The molecule has 1 aliphatic heterocycles. The van der Waals surface area contributed by atoms with Gasteiger partial charge in [-0.2, -0.15) is 0 Å². The van der Waals surface area contributed by atoms with Crippen LogP contribution in [0, 0.1) is 0 Å². The molecule has 0 saturated carbocycles. The number of hydrogen-bond acceptors (Lipinski definition) is 6. The van der Waals surface area contributed by atoms with Crippen LogP contribution in [0.3, 0.4) is 0 Å². The molecule has 8 heteroatoms. The van der Waals surface area contributed by atoms with E-state index >= 15 is 0 Å². The summed E-state index contributed by atoms with van der Waals surface area (Å²) in [6.45, 7) is 3.94. The predicted octanol–water partition coefficient (Wildman–Crippen LogP) is 1.71. The second-order valence-electron chi connectivity index (χ2n) is 6.69. The summed E-state index contributed by atoms with van der Waals surface area (Å²) in [7, 11) is 0. The first-order chi connectivity index (χ1) is 13.7. The molecule has 1 amide bonds. The third-order valence-electron chi connectivity index (χ3n) is 4.65. The smallest absolute Gasteiger partial charge is 0.307 e. The van der Waals surface area contributed by atoms with Crippen molar-refractivity contribution in [1.29, 1.82) is 0 Å². The molecule has 3 rings (SSSR count). The molecule has 2 aromatic rings. The Hall–Kier alpha value is -2.74. The molecule has 2 heterocycles. The molecule has 0 N–H and O–H groups in total. The van der Waals surface area contributed by atoms with Crippen LogP contribution in [0.5, 0.6) is 0 Å². The summed E-state index contributed by atoms with van der Waals surface area (Å²) in [5.74, 6) is -0.563. The van der Waals surface area contributed by atoms with Crippen LogP contribution in [0.15, 0.2) is 36.5 Å². The molecule has 0 bridgehead atoms. The van der Waals surface area contributed by atoms with Crippen molar-refractivity contribution < 1.29 is 19.1 Å². The summed E-state index contributed by atoms with van der Waals surface area (Å²) in [4.78, 5) is 26.3. The largest absolute Gasteiger partial charge is 0.466 e. The maximum absolute atomic E-state index is 12.9. The molecule has 1 aliphatic rings. The Labute approximate surface area is 164 Å². The number of aryl methyl sites for hydroxylation is 2. The molecule has 1 fully saturated rings. The Morgan fingerprint density at radius 1 is 1.29 bits per heavy atom. The Bertz CT molecular complexity index is 778. The summed E-state index contributed by atoms with van der Waals surface area (Å²) in [6, 6.07) is 9.90. The van der Waals surface area contributed by atoms with Gasteiger partial charge >= 0.3 is 5.97 Å². The van der Waals surface area contributed by atoms with Gasteiger partial charge in [0, 0.05) is 13.1 Å². The maximum Gasteiger partial charge on any atom is 0.307 e. The van der Waals surface area contributed by atoms with Gasteiger partial charge in [-0.1, -0.05) is 35.5 Å². The highest BCUT2D eigenvalue weighted by Gasteiger charge is 2.31. The standard InChI is InChI=1S/C20H26N4O4/c1-2-28-19(25)13-17-15-27-12-11-24(17)20(26)18-14-23(22-21-18)10-6-9-16-7-4-3-5-8-16/h3-5,7-8,14,17H,2,6,9-13,15H2,1H3. The Balaban J connectivity index is 1.56. The van der Waals surface area contributed by atoms with Crippen molar-refractivity contribution in [3.05, 3.63) is 47.8 Å². The van der Waals surface area contributed by atoms with E-state index in [4.69, 9.17) is 9.47 Å². The van der Waals surface area contributed by atoms with Gasteiger partial charge in [-0.05, 0) is 25.3 Å². The van der Waals surface area contributed by atoms with Crippen LogP contribution in [-0.4, -0.2) is 64.2 Å². The third-order valence-corrected chi connectivity index (χ3v) is 4.65. The first kappa shape index (κ1) is 20.0. The Morgan fingerprint density at radius 2 is 2.11 bits per heavy atom. The Kier molecular flexibility index (Phi) is 7.13. The summed E-state index contributed by atoms with van der Waals surface area (Å²) in [5.41, 5.74) is 1.56. The maximum atomic E-state index is 12.9. The lowest BCUT2D eigenvalue weighted by Gasteiger charge is -2.34. The van der Waals surface area contributed by atoms with Gasteiger partial charge in [0.2, 0.25) is 0 Å². The van der Waals surface area contributed by atoms with E-state index in [0.717, 1.165) is 12.8 Å². The minimum atomic E-state index is -0.344. The predicted molar refractivity (Wildman–Crippen MR) is 102 cm³/mol. The fourth-order valence-corrected chi connectivity index (χ4v) is 3.25. The van der Waals surface area contributed by atoms with Crippen LogP contribution in [0.4, 0.5) is 0 Å². The molecule has 28 heavy (non-hydrogen) atoms. The molecule has 0 aliphatic carbocycles. The van der Waals surface area contributed by atoms with Crippen LogP contribution in [-0.2, 0) is 27.2 Å². The molecule has 0 spiro atoms. The summed E-state index contributed by atoms with van der Waals surface area (Å²) < 4.78 is 12.1. The van der Waals surface area contributed by atoms with Crippen molar-refractivity contribution in [1.82, 2.24) is 19.9 Å². The van der Waals surface area contributed by atoms with Crippen LogP contribution in [0.25, 0.3) is 0 Å². The van der Waals surface area contributed by atoms with Crippen LogP contribution >= 0.6 is 0 Å². The van der Waals surface area contributed by atoms with Crippen molar-refractivity contribution >= 4 is 11.9 Å². The number of aromatic nitrogens is 3. The molecular weight excluding hydrogens is 360 g/mol. The highest BCUT2D eigenvalue weighted by Crippen LogP contribution is 2.15. The van der Waals surface area contributed by atoms with E-state index < -0.39 is 0 Å². The molecule has 150 valence electrons. The summed E-state index contributed by atoms with van der Waals surface area (Å²) >= 11 is 0. The van der Waals surface area contributed by atoms with Crippen LogP contribution in [0.2, 0.25) is 0 Å². The molecule has 1 aromatic heterocycles. The first-order valence-corrected chi connectivity index (χ1v) is 9.65. The van der Waals surface area contributed by atoms with Gasteiger partial charge in [-0.25, -0.2) is 0 Å². The van der Waals surface area contributed by atoms with E-state index in [9.17, 15) is 9.59 Å². The van der Waals surface area contributed by atoms with E-state index in [1.54, 1.807) is 22.7 Å². The van der Waals surface area contributed by atoms with E-state index in [-0.39, 0.29) is 30.0 Å². The van der Waals surface area contributed by atoms with E-state index in [0.29, 0.717) is 32.9 Å². The van der Waals surface area contributed by atoms with Crippen molar-refractivity contribution in [3.8, 4) is 0 Å². The van der Waals surface area contributed by atoms with E-state index in [2.05, 4.69) is 22.4 Å². The van der Waals surface area contributed by atoms with Gasteiger partial charge in [0.25, 0.3) is 5.91 Å². The number of morpholine rings is 1. The highest BCUT2D eigenvalue weighted by atomic mass is 16.5. The number of hydrogen-bond donors (Lipinski definition) is 0. The van der Waals surface area contributed by atoms with Gasteiger partial charge in [0.1, 0.15) is 0 Å². The topological polar surface area (TPSA) is 86.5 Å². The van der Waals surface area contributed by atoms with Crippen LogP contribution < -0.4 is 0 Å². The first-order valence-electron chi connectivity index (χ1n) is 9.65. The fraction of sp³-hybridized carbons (Fsp3) is 0.500. The van der Waals surface area contributed by atoms with Gasteiger partial charge < -0.3 is 14.4 Å².